The van der Waals surface area contributed by atoms with E-state index in [1.807, 2.05) is 36.4 Å². The monoisotopic (exact) mass is 567 g/mol. The van der Waals surface area contributed by atoms with Gasteiger partial charge < -0.3 is 15.4 Å². The Balaban J connectivity index is 1.49. The number of thiocarbonyl (C=S) groups is 1. The molecule has 0 spiro atoms. The second-order valence-corrected chi connectivity index (χ2v) is 9.49. The molecule has 2 amide bonds. The van der Waals surface area contributed by atoms with Gasteiger partial charge in [0.1, 0.15) is 5.75 Å². The van der Waals surface area contributed by atoms with Gasteiger partial charge in [-0.15, -0.1) is 0 Å². The van der Waals surface area contributed by atoms with Crippen LogP contribution in [0.2, 0.25) is 0 Å². The van der Waals surface area contributed by atoms with E-state index >= 15 is 0 Å². The Morgan fingerprint density at radius 2 is 1.67 bits per heavy atom. The van der Waals surface area contributed by atoms with Crippen molar-refractivity contribution in [3.8, 4) is 5.75 Å². The summed E-state index contributed by atoms with van der Waals surface area (Å²) in [5.74, 6) is 0.302. The Labute approximate surface area is 226 Å². The maximum Gasteiger partial charge on any atom is 0.257 e. The molecule has 3 N–H and O–H groups in total. The first-order valence-corrected chi connectivity index (χ1v) is 13.1. The summed E-state index contributed by atoms with van der Waals surface area (Å²) in [7, 11) is 0. The summed E-state index contributed by atoms with van der Waals surface area (Å²) in [6.07, 6.45) is 4.25. The van der Waals surface area contributed by atoms with E-state index < -0.39 is 0 Å². The molecule has 0 aromatic heterocycles. The normalized spacial score (nSPS) is 10.4. The summed E-state index contributed by atoms with van der Waals surface area (Å²) in [6.45, 7) is 2.63. The quantitative estimate of drug-likeness (QED) is 0.177. The first kappa shape index (κ1) is 27.4. The average molecular weight is 569 g/mol. The van der Waals surface area contributed by atoms with E-state index in [-0.39, 0.29) is 16.9 Å². The number of halogens is 1. The minimum atomic E-state index is -0.343. The summed E-state index contributed by atoms with van der Waals surface area (Å²) in [4.78, 5) is 24.8. The lowest BCUT2D eigenvalue weighted by Crippen LogP contribution is -2.34. The molecule has 0 aliphatic rings. The molecule has 0 fully saturated rings. The number of rotatable bonds is 11. The van der Waals surface area contributed by atoms with E-state index in [1.54, 1.807) is 24.3 Å². The first-order valence-electron chi connectivity index (χ1n) is 11.9. The van der Waals surface area contributed by atoms with Gasteiger partial charge >= 0.3 is 0 Å². The zero-order chi connectivity index (χ0) is 25.8. The lowest BCUT2D eigenvalue weighted by atomic mass is 10.2. The van der Waals surface area contributed by atoms with E-state index in [9.17, 15) is 9.59 Å². The van der Waals surface area contributed by atoms with E-state index in [0.29, 0.717) is 40.2 Å². The molecule has 3 rings (SSSR count). The van der Waals surface area contributed by atoms with Crippen molar-refractivity contribution in [3.63, 3.8) is 0 Å². The standard InChI is InChI=1S/C28H30BrN3O3S/c1-2-3-5-13-26(33)30-22-11-8-12-23(19-22)31-28(36)32-27(34)21-14-15-25(24(29)18-21)35-17-16-20-9-6-4-7-10-20/h4,6-12,14-15,18-19H,2-3,5,13,16-17H2,1H3,(H,30,33)(H2,31,32,34,36). The number of carbonyl (C=O) groups is 2. The fourth-order valence-electron chi connectivity index (χ4n) is 3.45. The summed E-state index contributed by atoms with van der Waals surface area (Å²) >= 11 is 8.79. The van der Waals surface area contributed by atoms with Crippen LogP contribution in [0.15, 0.2) is 77.3 Å². The molecule has 0 saturated heterocycles. The van der Waals surface area contributed by atoms with Gasteiger partial charge in [0.2, 0.25) is 5.91 Å². The number of unbranched alkanes of at least 4 members (excludes halogenated alkanes) is 2. The number of benzene rings is 3. The predicted molar refractivity (Wildman–Crippen MR) is 153 cm³/mol. The molecule has 0 aliphatic carbocycles. The van der Waals surface area contributed by atoms with Crippen LogP contribution in [0.1, 0.15) is 48.5 Å². The Hall–Kier alpha value is -3.23. The Bertz CT molecular complexity index is 1190. The van der Waals surface area contributed by atoms with Gasteiger partial charge in [0.05, 0.1) is 11.1 Å². The van der Waals surface area contributed by atoms with Crippen molar-refractivity contribution in [2.24, 2.45) is 0 Å². The van der Waals surface area contributed by atoms with Gasteiger partial charge in [-0.05, 0) is 76.5 Å². The molecule has 0 heterocycles. The fourth-order valence-corrected chi connectivity index (χ4v) is 4.16. The second kappa shape index (κ2) is 14.4. The number of hydrogen-bond donors (Lipinski definition) is 3. The van der Waals surface area contributed by atoms with Crippen LogP contribution in [-0.4, -0.2) is 23.5 Å². The smallest absolute Gasteiger partial charge is 0.257 e. The van der Waals surface area contributed by atoms with Crippen molar-refractivity contribution in [2.75, 3.05) is 17.2 Å². The van der Waals surface area contributed by atoms with Gasteiger partial charge in [-0.3, -0.25) is 14.9 Å². The Kier molecular flexibility index (Phi) is 10.9. The largest absolute Gasteiger partial charge is 0.492 e. The molecule has 8 heteroatoms. The molecular formula is C28H30BrN3O3S. The van der Waals surface area contributed by atoms with Crippen molar-refractivity contribution >= 4 is 56.4 Å². The summed E-state index contributed by atoms with van der Waals surface area (Å²) < 4.78 is 6.54. The maximum absolute atomic E-state index is 12.7. The highest BCUT2D eigenvalue weighted by atomic mass is 79.9. The van der Waals surface area contributed by atoms with Crippen molar-refractivity contribution in [2.45, 2.75) is 39.0 Å². The van der Waals surface area contributed by atoms with E-state index in [2.05, 4.69) is 50.9 Å². The summed E-state index contributed by atoms with van der Waals surface area (Å²) in [5.41, 5.74) is 2.97. The Morgan fingerprint density at radius 3 is 2.39 bits per heavy atom. The zero-order valence-corrected chi connectivity index (χ0v) is 22.6. The van der Waals surface area contributed by atoms with Crippen molar-refractivity contribution in [1.29, 1.82) is 0 Å². The molecule has 188 valence electrons. The number of hydrogen-bond acceptors (Lipinski definition) is 4. The number of anilines is 2. The average Bonchev–Trinajstić information content (AvgIpc) is 2.86. The van der Waals surface area contributed by atoms with Crippen molar-refractivity contribution in [1.82, 2.24) is 5.32 Å². The number of carbonyl (C=O) groups excluding carboxylic acids is 2. The Morgan fingerprint density at radius 1 is 0.917 bits per heavy atom. The zero-order valence-electron chi connectivity index (χ0n) is 20.2. The van der Waals surface area contributed by atoms with Gasteiger partial charge in [-0.1, -0.05) is 56.2 Å². The molecule has 0 unspecified atom stereocenters. The molecule has 3 aromatic rings. The van der Waals surface area contributed by atoms with E-state index in [1.165, 1.54) is 5.56 Å². The maximum atomic E-state index is 12.7. The van der Waals surface area contributed by atoms with Crippen molar-refractivity contribution in [3.05, 3.63) is 88.4 Å². The van der Waals surface area contributed by atoms with Crippen LogP contribution in [0.3, 0.4) is 0 Å². The first-order chi connectivity index (χ1) is 17.4. The number of nitrogens with one attached hydrogen (secondary N) is 3. The third-order valence-electron chi connectivity index (χ3n) is 5.32. The lowest BCUT2D eigenvalue weighted by molar-refractivity contribution is -0.116. The topological polar surface area (TPSA) is 79.5 Å². The number of ether oxygens (including phenoxy) is 1. The fraction of sp³-hybridized carbons (Fsp3) is 0.250. The molecular weight excluding hydrogens is 538 g/mol. The highest BCUT2D eigenvalue weighted by Gasteiger charge is 2.12. The predicted octanol–water partition coefficient (Wildman–Crippen LogP) is 6.72. The second-order valence-electron chi connectivity index (χ2n) is 8.22. The molecule has 0 aliphatic heterocycles. The number of amides is 2. The van der Waals surface area contributed by atoms with Crippen LogP contribution in [-0.2, 0) is 11.2 Å². The molecule has 0 atom stereocenters. The van der Waals surface area contributed by atoms with Crippen LogP contribution in [0, 0.1) is 0 Å². The SMILES string of the molecule is CCCCCC(=O)Nc1cccc(NC(=S)NC(=O)c2ccc(OCCc3ccccc3)c(Br)c2)c1. The van der Waals surface area contributed by atoms with Gasteiger partial charge in [-0.2, -0.15) is 0 Å². The lowest BCUT2D eigenvalue weighted by Gasteiger charge is -2.13. The molecule has 0 saturated carbocycles. The highest BCUT2D eigenvalue weighted by Crippen LogP contribution is 2.26. The van der Waals surface area contributed by atoms with Gasteiger partial charge in [0, 0.05) is 29.8 Å². The van der Waals surface area contributed by atoms with Crippen LogP contribution < -0.4 is 20.7 Å². The molecule has 0 radical (unpaired) electrons. The molecule has 6 nitrogen and oxygen atoms in total. The molecule has 0 bridgehead atoms. The highest BCUT2D eigenvalue weighted by molar-refractivity contribution is 9.10. The van der Waals surface area contributed by atoms with Gasteiger partial charge in [0.25, 0.3) is 5.91 Å². The van der Waals surface area contributed by atoms with E-state index in [4.69, 9.17) is 17.0 Å². The minimum Gasteiger partial charge on any atom is -0.492 e. The van der Waals surface area contributed by atoms with Crippen LogP contribution in [0.4, 0.5) is 11.4 Å². The van der Waals surface area contributed by atoms with Crippen molar-refractivity contribution < 1.29 is 14.3 Å². The van der Waals surface area contributed by atoms with Gasteiger partial charge in [0.15, 0.2) is 5.11 Å². The van der Waals surface area contributed by atoms with E-state index in [0.717, 1.165) is 25.7 Å². The molecule has 36 heavy (non-hydrogen) atoms. The molecule has 3 aromatic carbocycles. The summed E-state index contributed by atoms with van der Waals surface area (Å²) in [6, 6.07) is 22.5. The third-order valence-corrected chi connectivity index (χ3v) is 6.15. The third kappa shape index (κ3) is 9.09. The minimum absolute atomic E-state index is 0.0189. The van der Waals surface area contributed by atoms with Gasteiger partial charge in [-0.25, -0.2) is 0 Å². The van der Waals surface area contributed by atoms with Crippen LogP contribution in [0.5, 0.6) is 5.75 Å². The van der Waals surface area contributed by atoms with Crippen LogP contribution >= 0.6 is 28.1 Å². The van der Waals surface area contributed by atoms with Crippen LogP contribution in [0.25, 0.3) is 0 Å². The summed E-state index contributed by atoms with van der Waals surface area (Å²) in [5, 5.41) is 8.72.